The number of aliphatic carboxylic acids is 1. The summed E-state index contributed by atoms with van der Waals surface area (Å²) in [6, 6.07) is 10.8. The van der Waals surface area contributed by atoms with E-state index in [-0.39, 0.29) is 6.54 Å². The van der Waals surface area contributed by atoms with Crippen molar-refractivity contribution >= 4 is 28.6 Å². The highest BCUT2D eigenvalue weighted by atomic mass is 35.5. The van der Waals surface area contributed by atoms with E-state index in [1.54, 1.807) is 16.7 Å². The molecule has 0 atom stereocenters. The summed E-state index contributed by atoms with van der Waals surface area (Å²) in [6.45, 7) is -0.167. The van der Waals surface area contributed by atoms with Gasteiger partial charge in [0.15, 0.2) is 5.82 Å². The highest BCUT2D eigenvalue weighted by Crippen LogP contribution is 2.24. The minimum absolute atomic E-state index is 0.167. The molecule has 20 heavy (non-hydrogen) atoms. The molecule has 0 saturated carbocycles. The Morgan fingerprint density at radius 3 is 2.75 bits per heavy atom. The van der Waals surface area contributed by atoms with Crippen LogP contribution in [0.3, 0.4) is 0 Å². The lowest BCUT2D eigenvalue weighted by molar-refractivity contribution is -0.137. The van der Waals surface area contributed by atoms with Gasteiger partial charge in [-0.2, -0.15) is 0 Å². The molecule has 0 aliphatic rings. The Balaban J connectivity index is 2.23. The molecule has 6 heteroatoms. The average Bonchev–Trinajstić information content (AvgIpc) is 2.78. The van der Waals surface area contributed by atoms with Gasteiger partial charge in [0, 0.05) is 6.20 Å². The van der Waals surface area contributed by atoms with Crippen molar-refractivity contribution in [3.63, 3.8) is 0 Å². The van der Waals surface area contributed by atoms with Crippen molar-refractivity contribution in [3.05, 3.63) is 47.6 Å². The van der Waals surface area contributed by atoms with Crippen LogP contribution in [0.4, 0.5) is 0 Å². The fourth-order valence-electron chi connectivity index (χ4n) is 2.07. The van der Waals surface area contributed by atoms with Crippen LogP contribution in [0.2, 0.25) is 5.02 Å². The number of halogens is 1. The van der Waals surface area contributed by atoms with Crippen molar-refractivity contribution < 1.29 is 9.90 Å². The lowest BCUT2D eigenvalue weighted by Gasteiger charge is -2.05. The molecule has 0 spiro atoms. The van der Waals surface area contributed by atoms with E-state index < -0.39 is 5.97 Å². The van der Waals surface area contributed by atoms with Crippen LogP contribution in [0, 0.1) is 0 Å². The van der Waals surface area contributed by atoms with Gasteiger partial charge < -0.3 is 9.67 Å². The summed E-state index contributed by atoms with van der Waals surface area (Å²) < 4.78 is 1.63. The first-order chi connectivity index (χ1) is 9.65. The predicted octanol–water partition coefficient (Wildman–Crippen LogP) is 2.84. The van der Waals surface area contributed by atoms with Crippen molar-refractivity contribution in [3.8, 4) is 11.5 Å². The quantitative estimate of drug-likeness (QED) is 0.804. The molecule has 0 radical (unpaired) electrons. The number of aromatic nitrogens is 3. The second kappa shape index (κ2) is 4.94. The Bertz CT molecular complexity index is 781. The zero-order valence-corrected chi connectivity index (χ0v) is 11.1. The molecular weight excluding hydrogens is 278 g/mol. The van der Waals surface area contributed by atoms with Gasteiger partial charge in [-0.25, -0.2) is 4.98 Å². The number of nitrogens with zero attached hydrogens (tertiary/aromatic N) is 3. The van der Waals surface area contributed by atoms with E-state index in [0.717, 1.165) is 11.0 Å². The fourth-order valence-corrected chi connectivity index (χ4v) is 2.19. The van der Waals surface area contributed by atoms with Crippen molar-refractivity contribution in [1.82, 2.24) is 14.5 Å². The Labute approximate surface area is 119 Å². The minimum Gasteiger partial charge on any atom is -0.480 e. The average molecular weight is 288 g/mol. The molecule has 0 aliphatic carbocycles. The number of pyridine rings is 1. The van der Waals surface area contributed by atoms with Crippen LogP contribution in [0.25, 0.3) is 22.6 Å². The van der Waals surface area contributed by atoms with Gasteiger partial charge in [0.1, 0.15) is 12.2 Å². The van der Waals surface area contributed by atoms with Crippen molar-refractivity contribution in [2.24, 2.45) is 0 Å². The number of carbonyl (C=O) groups is 1. The van der Waals surface area contributed by atoms with Gasteiger partial charge in [0.05, 0.1) is 16.1 Å². The largest absolute Gasteiger partial charge is 0.480 e. The highest BCUT2D eigenvalue weighted by molar-refractivity contribution is 6.30. The minimum atomic E-state index is -0.927. The number of imidazole rings is 1. The summed E-state index contributed by atoms with van der Waals surface area (Å²) in [6.07, 6.45) is 1.52. The van der Waals surface area contributed by atoms with Gasteiger partial charge in [0.25, 0.3) is 0 Å². The number of rotatable bonds is 3. The van der Waals surface area contributed by atoms with Crippen molar-refractivity contribution in [2.45, 2.75) is 6.54 Å². The Kier molecular flexibility index (Phi) is 3.12. The maximum absolute atomic E-state index is 11.1. The molecular formula is C14H10ClN3O2. The number of hydrogen-bond donors (Lipinski definition) is 1. The van der Waals surface area contributed by atoms with Gasteiger partial charge in [0.2, 0.25) is 0 Å². The number of carboxylic acid groups (broad SMARTS) is 1. The van der Waals surface area contributed by atoms with Crippen LogP contribution in [-0.2, 0) is 11.3 Å². The van der Waals surface area contributed by atoms with E-state index in [4.69, 9.17) is 16.7 Å². The van der Waals surface area contributed by atoms with Gasteiger partial charge in [-0.15, -0.1) is 0 Å². The van der Waals surface area contributed by atoms with E-state index in [9.17, 15) is 4.79 Å². The maximum Gasteiger partial charge on any atom is 0.323 e. The van der Waals surface area contributed by atoms with E-state index in [1.807, 2.05) is 24.3 Å². The van der Waals surface area contributed by atoms with E-state index in [1.165, 1.54) is 6.20 Å². The van der Waals surface area contributed by atoms with Crippen LogP contribution >= 0.6 is 11.6 Å². The first-order valence-electron chi connectivity index (χ1n) is 5.94. The molecule has 1 N–H and O–H groups in total. The molecule has 2 heterocycles. The molecule has 100 valence electrons. The molecule has 0 fully saturated rings. The Morgan fingerprint density at radius 2 is 2.05 bits per heavy atom. The molecule has 3 aromatic rings. The summed E-state index contributed by atoms with van der Waals surface area (Å²) in [5.74, 6) is -0.409. The lowest BCUT2D eigenvalue weighted by Crippen LogP contribution is -2.10. The van der Waals surface area contributed by atoms with Crippen LogP contribution in [0.5, 0.6) is 0 Å². The van der Waals surface area contributed by atoms with Gasteiger partial charge in [-0.1, -0.05) is 23.7 Å². The second-order valence-electron chi connectivity index (χ2n) is 4.27. The van der Waals surface area contributed by atoms with Crippen molar-refractivity contribution in [1.29, 1.82) is 0 Å². The van der Waals surface area contributed by atoms with Crippen LogP contribution in [0.1, 0.15) is 0 Å². The number of fused-ring (bicyclic) bond motifs is 1. The number of benzene rings is 1. The molecule has 1 aromatic carbocycles. The summed E-state index contributed by atoms with van der Waals surface area (Å²) in [5, 5.41) is 9.59. The summed E-state index contributed by atoms with van der Waals surface area (Å²) >= 11 is 5.82. The third-order valence-corrected chi connectivity index (χ3v) is 3.13. The van der Waals surface area contributed by atoms with Gasteiger partial charge in [-0.05, 0) is 24.3 Å². The number of para-hydroxylation sites is 2. The Hall–Kier alpha value is -2.40. The number of hydrogen-bond acceptors (Lipinski definition) is 3. The zero-order valence-electron chi connectivity index (χ0n) is 10.3. The molecule has 5 nitrogen and oxygen atoms in total. The second-order valence-corrected chi connectivity index (χ2v) is 4.70. The standard InChI is InChI=1S/C14H10ClN3O2/c15-9-5-6-11(16-7-9)14-17-10-3-1-2-4-12(10)18(14)8-13(19)20/h1-7H,8H2,(H,19,20). The summed E-state index contributed by atoms with van der Waals surface area (Å²) in [4.78, 5) is 19.7. The fraction of sp³-hybridized carbons (Fsp3) is 0.0714. The molecule has 0 bridgehead atoms. The molecule has 3 rings (SSSR count). The van der Waals surface area contributed by atoms with Crippen LogP contribution < -0.4 is 0 Å². The SMILES string of the molecule is O=C(O)Cn1c(-c2ccc(Cl)cn2)nc2ccccc21. The Morgan fingerprint density at radius 1 is 1.25 bits per heavy atom. The van der Waals surface area contributed by atoms with Gasteiger partial charge in [-0.3, -0.25) is 9.78 Å². The lowest BCUT2D eigenvalue weighted by atomic mass is 10.3. The third kappa shape index (κ3) is 2.23. The van der Waals surface area contributed by atoms with Crippen molar-refractivity contribution in [2.75, 3.05) is 0 Å². The third-order valence-electron chi connectivity index (χ3n) is 2.90. The first-order valence-corrected chi connectivity index (χ1v) is 6.32. The topological polar surface area (TPSA) is 68.0 Å². The summed E-state index contributed by atoms with van der Waals surface area (Å²) in [5.41, 5.74) is 2.09. The number of carboxylic acids is 1. The van der Waals surface area contributed by atoms with E-state index >= 15 is 0 Å². The normalized spacial score (nSPS) is 10.8. The first kappa shape index (κ1) is 12.6. The molecule has 0 aliphatic heterocycles. The zero-order chi connectivity index (χ0) is 14.1. The summed E-state index contributed by atoms with van der Waals surface area (Å²) in [7, 11) is 0. The molecule has 2 aromatic heterocycles. The maximum atomic E-state index is 11.1. The van der Waals surface area contributed by atoms with Crippen LogP contribution in [-0.4, -0.2) is 25.6 Å². The predicted molar refractivity (Wildman–Crippen MR) is 75.6 cm³/mol. The monoisotopic (exact) mass is 287 g/mol. The van der Waals surface area contributed by atoms with E-state index in [2.05, 4.69) is 9.97 Å². The van der Waals surface area contributed by atoms with Gasteiger partial charge >= 0.3 is 5.97 Å². The smallest absolute Gasteiger partial charge is 0.323 e. The van der Waals surface area contributed by atoms with Crippen LogP contribution in [0.15, 0.2) is 42.6 Å². The molecule has 0 unspecified atom stereocenters. The molecule has 0 saturated heterocycles. The highest BCUT2D eigenvalue weighted by Gasteiger charge is 2.15. The molecule has 0 amide bonds. The van der Waals surface area contributed by atoms with E-state index in [0.29, 0.717) is 16.5 Å².